The van der Waals surface area contributed by atoms with Crippen LogP contribution in [-0.2, 0) is 14.9 Å². The molecular formula is C12H15NO3. The van der Waals surface area contributed by atoms with E-state index in [0.717, 1.165) is 11.3 Å². The Morgan fingerprint density at radius 2 is 2.31 bits per heavy atom. The summed E-state index contributed by atoms with van der Waals surface area (Å²) in [5.74, 6) is 0.417. The molecule has 1 amide bonds. The van der Waals surface area contributed by atoms with Crippen LogP contribution in [-0.4, -0.2) is 25.7 Å². The van der Waals surface area contributed by atoms with Gasteiger partial charge in [0.1, 0.15) is 11.2 Å². The SMILES string of the molecule is CCOc1cccc(C2(C(N)=O)COC2)c1. The Morgan fingerprint density at radius 3 is 2.81 bits per heavy atom. The van der Waals surface area contributed by atoms with Crippen LogP contribution < -0.4 is 10.5 Å². The first-order chi connectivity index (χ1) is 7.69. The molecule has 0 spiro atoms. The lowest BCUT2D eigenvalue weighted by molar-refractivity contribution is -0.141. The standard InChI is InChI=1S/C12H15NO3/c1-2-16-10-5-3-4-9(6-10)12(11(13)14)7-15-8-12/h3-6H,2,7-8H2,1H3,(H2,13,14). The zero-order chi connectivity index (χ0) is 11.6. The Bertz CT molecular complexity index is 399. The summed E-state index contributed by atoms with van der Waals surface area (Å²) in [6.45, 7) is 3.24. The number of benzene rings is 1. The summed E-state index contributed by atoms with van der Waals surface area (Å²) in [7, 11) is 0. The molecule has 16 heavy (non-hydrogen) atoms. The van der Waals surface area contributed by atoms with E-state index in [-0.39, 0.29) is 5.91 Å². The first-order valence-electron chi connectivity index (χ1n) is 5.30. The maximum absolute atomic E-state index is 11.5. The Balaban J connectivity index is 2.32. The van der Waals surface area contributed by atoms with Crippen LogP contribution in [0.5, 0.6) is 5.75 Å². The molecule has 86 valence electrons. The molecule has 0 bridgehead atoms. The number of carbonyl (C=O) groups excluding carboxylic acids is 1. The van der Waals surface area contributed by atoms with Gasteiger partial charge in [0, 0.05) is 0 Å². The van der Waals surface area contributed by atoms with E-state index in [2.05, 4.69) is 0 Å². The summed E-state index contributed by atoms with van der Waals surface area (Å²) < 4.78 is 10.5. The molecule has 2 N–H and O–H groups in total. The lowest BCUT2D eigenvalue weighted by Crippen LogP contribution is -2.56. The van der Waals surface area contributed by atoms with Crippen molar-refractivity contribution in [1.29, 1.82) is 0 Å². The molecule has 0 aliphatic carbocycles. The fourth-order valence-corrected chi connectivity index (χ4v) is 1.81. The Labute approximate surface area is 94.3 Å². The second-order valence-corrected chi connectivity index (χ2v) is 3.90. The van der Waals surface area contributed by atoms with Gasteiger partial charge in [-0.15, -0.1) is 0 Å². The smallest absolute Gasteiger partial charge is 0.232 e. The highest BCUT2D eigenvalue weighted by Crippen LogP contribution is 2.33. The first kappa shape index (κ1) is 11.0. The fourth-order valence-electron chi connectivity index (χ4n) is 1.81. The molecule has 4 nitrogen and oxygen atoms in total. The van der Waals surface area contributed by atoms with Gasteiger partial charge in [-0.25, -0.2) is 0 Å². The Hall–Kier alpha value is -1.55. The highest BCUT2D eigenvalue weighted by atomic mass is 16.5. The average Bonchev–Trinajstić information content (AvgIpc) is 2.16. The summed E-state index contributed by atoms with van der Waals surface area (Å²) in [6.07, 6.45) is 0. The summed E-state index contributed by atoms with van der Waals surface area (Å²) in [5, 5.41) is 0. The summed E-state index contributed by atoms with van der Waals surface area (Å²) in [5.41, 5.74) is 5.64. The average molecular weight is 221 g/mol. The zero-order valence-electron chi connectivity index (χ0n) is 9.23. The van der Waals surface area contributed by atoms with Gasteiger partial charge in [0.25, 0.3) is 0 Å². The Kier molecular flexibility index (Phi) is 2.83. The van der Waals surface area contributed by atoms with Gasteiger partial charge in [-0.1, -0.05) is 12.1 Å². The van der Waals surface area contributed by atoms with Crippen LogP contribution in [0.2, 0.25) is 0 Å². The van der Waals surface area contributed by atoms with Crippen molar-refractivity contribution in [2.75, 3.05) is 19.8 Å². The second kappa shape index (κ2) is 4.14. The molecule has 1 saturated heterocycles. The third kappa shape index (κ3) is 1.65. The van der Waals surface area contributed by atoms with Crippen LogP contribution >= 0.6 is 0 Å². The molecule has 0 saturated carbocycles. The van der Waals surface area contributed by atoms with E-state index >= 15 is 0 Å². The van der Waals surface area contributed by atoms with Gasteiger partial charge in [0.2, 0.25) is 5.91 Å². The van der Waals surface area contributed by atoms with Gasteiger partial charge in [-0.2, -0.15) is 0 Å². The number of amides is 1. The summed E-state index contributed by atoms with van der Waals surface area (Å²) in [6, 6.07) is 7.47. The van der Waals surface area contributed by atoms with Crippen LogP contribution in [0.1, 0.15) is 12.5 Å². The monoisotopic (exact) mass is 221 g/mol. The minimum Gasteiger partial charge on any atom is -0.494 e. The van der Waals surface area contributed by atoms with Gasteiger partial charge in [0.05, 0.1) is 19.8 Å². The Morgan fingerprint density at radius 1 is 1.56 bits per heavy atom. The van der Waals surface area contributed by atoms with Crippen LogP contribution in [0.3, 0.4) is 0 Å². The van der Waals surface area contributed by atoms with E-state index in [4.69, 9.17) is 15.2 Å². The van der Waals surface area contributed by atoms with Crippen LogP contribution in [0.15, 0.2) is 24.3 Å². The number of carbonyl (C=O) groups is 1. The van der Waals surface area contributed by atoms with Crippen molar-refractivity contribution < 1.29 is 14.3 Å². The second-order valence-electron chi connectivity index (χ2n) is 3.90. The third-order valence-electron chi connectivity index (χ3n) is 2.87. The van der Waals surface area contributed by atoms with Gasteiger partial charge >= 0.3 is 0 Å². The van der Waals surface area contributed by atoms with Gasteiger partial charge in [0.15, 0.2) is 0 Å². The van der Waals surface area contributed by atoms with Crippen LogP contribution in [0, 0.1) is 0 Å². The number of nitrogens with two attached hydrogens (primary N) is 1. The maximum Gasteiger partial charge on any atom is 0.232 e. The van der Waals surface area contributed by atoms with Crippen molar-refractivity contribution in [2.45, 2.75) is 12.3 Å². The maximum atomic E-state index is 11.5. The molecule has 0 atom stereocenters. The zero-order valence-corrected chi connectivity index (χ0v) is 9.23. The van der Waals surface area contributed by atoms with Crippen molar-refractivity contribution in [1.82, 2.24) is 0 Å². The highest BCUT2D eigenvalue weighted by molar-refractivity contribution is 5.88. The van der Waals surface area contributed by atoms with E-state index in [9.17, 15) is 4.79 Å². The van der Waals surface area contributed by atoms with E-state index in [0.29, 0.717) is 19.8 Å². The molecule has 0 unspecified atom stereocenters. The number of hydrogen-bond donors (Lipinski definition) is 1. The molecule has 1 fully saturated rings. The first-order valence-corrected chi connectivity index (χ1v) is 5.30. The molecule has 0 radical (unpaired) electrons. The van der Waals surface area contributed by atoms with Crippen molar-refractivity contribution in [3.63, 3.8) is 0 Å². The molecule has 1 aromatic carbocycles. The van der Waals surface area contributed by atoms with Crippen molar-refractivity contribution >= 4 is 5.91 Å². The number of hydrogen-bond acceptors (Lipinski definition) is 3. The lowest BCUT2D eigenvalue weighted by atomic mass is 9.78. The quantitative estimate of drug-likeness (QED) is 0.819. The van der Waals surface area contributed by atoms with E-state index in [1.165, 1.54) is 0 Å². The molecule has 1 aliphatic rings. The predicted molar refractivity (Wildman–Crippen MR) is 59.3 cm³/mol. The van der Waals surface area contributed by atoms with Crippen LogP contribution in [0.4, 0.5) is 0 Å². The third-order valence-corrected chi connectivity index (χ3v) is 2.87. The van der Waals surface area contributed by atoms with Gasteiger partial charge in [-0.3, -0.25) is 4.79 Å². The summed E-state index contributed by atoms with van der Waals surface area (Å²) in [4.78, 5) is 11.5. The number of ether oxygens (including phenoxy) is 2. The minimum absolute atomic E-state index is 0.340. The molecule has 1 heterocycles. The number of primary amides is 1. The lowest BCUT2D eigenvalue weighted by Gasteiger charge is -2.38. The topological polar surface area (TPSA) is 61.5 Å². The highest BCUT2D eigenvalue weighted by Gasteiger charge is 2.46. The van der Waals surface area contributed by atoms with Gasteiger partial charge in [-0.05, 0) is 24.6 Å². The molecule has 1 aliphatic heterocycles. The van der Waals surface area contributed by atoms with E-state index in [1.54, 1.807) is 0 Å². The fraction of sp³-hybridized carbons (Fsp3) is 0.417. The van der Waals surface area contributed by atoms with Crippen LogP contribution in [0.25, 0.3) is 0 Å². The molecule has 2 rings (SSSR count). The predicted octanol–water partition coefficient (Wildman–Crippen LogP) is 0.839. The largest absolute Gasteiger partial charge is 0.494 e. The van der Waals surface area contributed by atoms with E-state index in [1.807, 2.05) is 31.2 Å². The van der Waals surface area contributed by atoms with Crippen molar-refractivity contribution in [3.05, 3.63) is 29.8 Å². The normalized spacial score (nSPS) is 17.6. The minimum atomic E-state index is -0.660. The number of rotatable bonds is 4. The van der Waals surface area contributed by atoms with Crippen molar-refractivity contribution in [3.8, 4) is 5.75 Å². The van der Waals surface area contributed by atoms with Crippen molar-refractivity contribution in [2.24, 2.45) is 5.73 Å². The summed E-state index contributed by atoms with van der Waals surface area (Å²) >= 11 is 0. The van der Waals surface area contributed by atoms with E-state index < -0.39 is 5.41 Å². The molecule has 0 aromatic heterocycles. The molecule has 1 aromatic rings. The van der Waals surface area contributed by atoms with Gasteiger partial charge < -0.3 is 15.2 Å². The molecule has 4 heteroatoms. The molecular weight excluding hydrogens is 206 g/mol.